The minimum absolute atomic E-state index is 0.541. The molecule has 3 heteroatoms. The highest BCUT2D eigenvalue weighted by molar-refractivity contribution is 7.99. The first-order valence-corrected chi connectivity index (χ1v) is 7.58. The summed E-state index contributed by atoms with van der Waals surface area (Å²) in [6, 6.07) is 7.33. The third-order valence-corrected chi connectivity index (χ3v) is 3.91. The zero-order chi connectivity index (χ0) is 13.5. The lowest BCUT2D eigenvalue weighted by Crippen LogP contribution is -2.21. The van der Waals surface area contributed by atoms with Gasteiger partial charge in [-0.15, -0.1) is 11.8 Å². The van der Waals surface area contributed by atoms with Crippen LogP contribution in [0.1, 0.15) is 25.0 Å². The third kappa shape index (κ3) is 5.89. The van der Waals surface area contributed by atoms with Gasteiger partial charge in [0.2, 0.25) is 0 Å². The van der Waals surface area contributed by atoms with Crippen LogP contribution in [0.15, 0.2) is 23.1 Å². The number of thioether (sulfide) groups is 1. The second kappa shape index (κ2) is 7.82. The van der Waals surface area contributed by atoms with Crippen LogP contribution in [-0.4, -0.2) is 37.3 Å². The van der Waals surface area contributed by atoms with Crippen molar-refractivity contribution in [3.05, 3.63) is 29.3 Å². The van der Waals surface area contributed by atoms with Gasteiger partial charge in [0.15, 0.2) is 0 Å². The maximum atomic E-state index is 3.45. The van der Waals surface area contributed by atoms with E-state index in [2.05, 4.69) is 63.3 Å². The highest BCUT2D eigenvalue weighted by Crippen LogP contribution is 2.23. The van der Waals surface area contributed by atoms with E-state index >= 15 is 0 Å². The van der Waals surface area contributed by atoms with Crippen LogP contribution in [0.3, 0.4) is 0 Å². The average molecular weight is 266 g/mol. The van der Waals surface area contributed by atoms with Gasteiger partial charge in [0.25, 0.3) is 0 Å². The van der Waals surface area contributed by atoms with Gasteiger partial charge >= 0.3 is 0 Å². The van der Waals surface area contributed by atoms with E-state index in [9.17, 15) is 0 Å². The Morgan fingerprint density at radius 1 is 1.28 bits per heavy atom. The van der Waals surface area contributed by atoms with E-state index < -0.39 is 0 Å². The molecular formula is C15H26N2S. The summed E-state index contributed by atoms with van der Waals surface area (Å²) in [5, 5.41) is 3.45. The minimum atomic E-state index is 0.541. The van der Waals surface area contributed by atoms with Crippen molar-refractivity contribution in [2.24, 2.45) is 0 Å². The molecule has 1 rings (SSSR count). The monoisotopic (exact) mass is 266 g/mol. The maximum absolute atomic E-state index is 3.45. The molecule has 102 valence electrons. The van der Waals surface area contributed by atoms with E-state index in [0.29, 0.717) is 6.04 Å². The summed E-state index contributed by atoms with van der Waals surface area (Å²) in [4.78, 5) is 3.63. The number of aryl methyl sites for hydroxylation is 1. The predicted octanol–water partition coefficient (Wildman–Crippen LogP) is 3.15. The smallest absolute Gasteiger partial charge is 0.0207 e. The summed E-state index contributed by atoms with van der Waals surface area (Å²) >= 11 is 1.95. The van der Waals surface area contributed by atoms with Crippen molar-refractivity contribution in [2.75, 3.05) is 26.4 Å². The van der Waals surface area contributed by atoms with Crippen LogP contribution in [0.25, 0.3) is 0 Å². The highest BCUT2D eigenvalue weighted by Gasteiger charge is 2.02. The predicted molar refractivity (Wildman–Crippen MR) is 82.4 cm³/mol. The molecule has 0 aliphatic rings. The van der Waals surface area contributed by atoms with Gasteiger partial charge in [-0.1, -0.05) is 26.0 Å². The van der Waals surface area contributed by atoms with Crippen LogP contribution in [0, 0.1) is 6.92 Å². The quantitative estimate of drug-likeness (QED) is 0.763. The second-order valence-electron chi connectivity index (χ2n) is 5.29. The first kappa shape index (κ1) is 15.5. The van der Waals surface area contributed by atoms with E-state index in [-0.39, 0.29) is 0 Å². The van der Waals surface area contributed by atoms with Crippen molar-refractivity contribution in [3.63, 3.8) is 0 Å². The molecule has 0 aromatic heterocycles. The fraction of sp³-hybridized carbons (Fsp3) is 0.600. The molecule has 0 aliphatic heterocycles. The third-order valence-electron chi connectivity index (χ3n) is 2.75. The topological polar surface area (TPSA) is 15.3 Å². The largest absolute Gasteiger partial charge is 0.310 e. The van der Waals surface area contributed by atoms with Crippen molar-refractivity contribution >= 4 is 11.8 Å². The molecule has 1 aromatic carbocycles. The number of hydrogen-bond donors (Lipinski definition) is 1. The molecular weight excluding hydrogens is 240 g/mol. The van der Waals surface area contributed by atoms with Crippen LogP contribution >= 0.6 is 11.8 Å². The van der Waals surface area contributed by atoms with Crippen molar-refractivity contribution in [1.29, 1.82) is 0 Å². The molecule has 0 spiro atoms. The first-order chi connectivity index (χ1) is 8.49. The summed E-state index contributed by atoms with van der Waals surface area (Å²) in [6.45, 7) is 8.65. The fourth-order valence-electron chi connectivity index (χ4n) is 1.64. The van der Waals surface area contributed by atoms with Crippen LogP contribution in [0.2, 0.25) is 0 Å². The Labute approximate surface area is 116 Å². The van der Waals surface area contributed by atoms with E-state index in [1.54, 1.807) is 0 Å². The normalized spacial score (nSPS) is 11.5. The van der Waals surface area contributed by atoms with Crippen molar-refractivity contribution in [2.45, 2.75) is 38.3 Å². The lowest BCUT2D eigenvalue weighted by molar-refractivity contribution is 0.437. The Morgan fingerprint density at radius 3 is 2.56 bits per heavy atom. The Kier molecular flexibility index (Phi) is 6.76. The molecule has 0 unspecified atom stereocenters. The minimum Gasteiger partial charge on any atom is -0.310 e. The number of benzene rings is 1. The Hall–Kier alpha value is -0.510. The summed E-state index contributed by atoms with van der Waals surface area (Å²) in [5.41, 5.74) is 2.76. The molecule has 0 saturated heterocycles. The van der Waals surface area contributed by atoms with E-state index in [1.807, 2.05) is 11.8 Å². The van der Waals surface area contributed by atoms with E-state index in [4.69, 9.17) is 0 Å². The standard InChI is InChI=1S/C15H26N2S/c1-12(2)16-11-14-6-7-15(13(3)10-14)18-9-8-17(4)5/h6-7,10,12,16H,8-9,11H2,1-5H3. The van der Waals surface area contributed by atoms with Gasteiger partial charge < -0.3 is 10.2 Å². The summed E-state index contributed by atoms with van der Waals surface area (Å²) in [6.07, 6.45) is 0. The summed E-state index contributed by atoms with van der Waals surface area (Å²) in [7, 11) is 4.24. The van der Waals surface area contributed by atoms with Gasteiger partial charge in [0, 0.05) is 29.8 Å². The summed E-state index contributed by atoms with van der Waals surface area (Å²) < 4.78 is 0. The molecule has 1 aromatic rings. The zero-order valence-electron chi connectivity index (χ0n) is 12.3. The number of hydrogen-bond acceptors (Lipinski definition) is 3. The van der Waals surface area contributed by atoms with Gasteiger partial charge in [0.05, 0.1) is 0 Å². The Balaban J connectivity index is 2.51. The average Bonchev–Trinajstić information content (AvgIpc) is 2.28. The van der Waals surface area contributed by atoms with Gasteiger partial charge in [-0.05, 0) is 38.2 Å². The molecule has 0 saturated carbocycles. The van der Waals surface area contributed by atoms with Crippen LogP contribution in [0.4, 0.5) is 0 Å². The SMILES string of the molecule is Cc1cc(CNC(C)C)ccc1SCCN(C)C. The van der Waals surface area contributed by atoms with Gasteiger partial charge in [0.1, 0.15) is 0 Å². The summed E-state index contributed by atoms with van der Waals surface area (Å²) in [5.74, 6) is 1.15. The molecule has 0 aliphatic carbocycles. The van der Waals surface area contributed by atoms with Crippen LogP contribution < -0.4 is 5.32 Å². The van der Waals surface area contributed by atoms with Crippen LogP contribution in [0.5, 0.6) is 0 Å². The first-order valence-electron chi connectivity index (χ1n) is 6.59. The second-order valence-corrected chi connectivity index (χ2v) is 6.42. The molecule has 2 nitrogen and oxygen atoms in total. The Bertz CT molecular complexity index is 362. The van der Waals surface area contributed by atoms with Gasteiger partial charge in [-0.25, -0.2) is 0 Å². The molecule has 0 bridgehead atoms. The van der Waals surface area contributed by atoms with E-state index in [1.165, 1.54) is 16.0 Å². The Morgan fingerprint density at radius 2 is 2.00 bits per heavy atom. The highest BCUT2D eigenvalue weighted by atomic mass is 32.2. The molecule has 0 radical (unpaired) electrons. The number of nitrogens with one attached hydrogen (secondary N) is 1. The van der Waals surface area contributed by atoms with Gasteiger partial charge in [-0.3, -0.25) is 0 Å². The van der Waals surface area contributed by atoms with Crippen LogP contribution in [-0.2, 0) is 6.54 Å². The number of nitrogens with zero attached hydrogens (tertiary/aromatic N) is 1. The van der Waals surface area contributed by atoms with Crippen molar-refractivity contribution in [3.8, 4) is 0 Å². The molecule has 0 amide bonds. The van der Waals surface area contributed by atoms with Gasteiger partial charge in [-0.2, -0.15) is 0 Å². The molecule has 1 N–H and O–H groups in total. The van der Waals surface area contributed by atoms with Crippen molar-refractivity contribution < 1.29 is 0 Å². The fourth-order valence-corrected chi connectivity index (χ4v) is 2.77. The lowest BCUT2D eigenvalue weighted by Gasteiger charge is -2.12. The van der Waals surface area contributed by atoms with E-state index in [0.717, 1.165) is 18.8 Å². The van der Waals surface area contributed by atoms with Crippen molar-refractivity contribution in [1.82, 2.24) is 10.2 Å². The molecule has 18 heavy (non-hydrogen) atoms. The maximum Gasteiger partial charge on any atom is 0.0207 e. The zero-order valence-corrected chi connectivity index (χ0v) is 13.1. The lowest BCUT2D eigenvalue weighted by atomic mass is 10.1. The molecule has 0 atom stereocenters. The molecule has 0 fully saturated rings. The molecule has 0 heterocycles. The number of rotatable bonds is 7.